The summed E-state index contributed by atoms with van der Waals surface area (Å²) in [6.07, 6.45) is 7.27. The third-order valence-corrected chi connectivity index (χ3v) is 6.13. The highest BCUT2D eigenvalue weighted by atomic mass is 16.5. The maximum Gasteiger partial charge on any atom is 0.124 e. The number of hydrogen-bond acceptors (Lipinski definition) is 2. The molecule has 2 rings (SSSR count). The molecule has 0 heterocycles. The zero-order chi connectivity index (χ0) is 20.2. The number of benzene rings is 1. The van der Waals surface area contributed by atoms with Crippen LogP contribution < -0.4 is 9.64 Å². The molecule has 2 nitrogen and oxygen atoms in total. The van der Waals surface area contributed by atoms with Crippen LogP contribution >= 0.6 is 0 Å². The van der Waals surface area contributed by atoms with Crippen LogP contribution in [0.1, 0.15) is 97.6 Å². The Labute approximate surface area is 168 Å². The van der Waals surface area contributed by atoms with E-state index in [4.69, 9.17) is 4.74 Å². The van der Waals surface area contributed by atoms with Gasteiger partial charge in [-0.2, -0.15) is 0 Å². The molecule has 1 aliphatic carbocycles. The van der Waals surface area contributed by atoms with Gasteiger partial charge in [-0.25, -0.2) is 0 Å². The van der Waals surface area contributed by atoms with Gasteiger partial charge in [0, 0.05) is 24.8 Å². The van der Waals surface area contributed by atoms with Crippen molar-refractivity contribution in [1.29, 1.82) is 0 Å². The highest BCUT2D eigenvalue weighted by molar-refractivity contribution is 5.61. The van der Waals surface area contributed by atoms with Crippen LogP contribution in [0.5, 0.6) is 5.75 Å². The van der Waals surface area contributed by atoms with Crippen molar-refractivity contribution in [2.24, 2.45) is 10.8 Å². The first-order chi connectivity index (χ1) is 12.7. The van der Waals surface area contributed by atoms with Crippen LogP contribution in [0.3, 0.4) is 0 Å². The third kappa shape index (κ3) is 5.42. The van der Waals surface area contributed by atoms with Crippen LogP contribution in [0, 0.1) is 10.8 Å². The Balaban J connectivity index is 2.57. The van der Waals surface area contributed by atoms with Gasteiger partial charge in [-0.15, -0.1) is 0 Å². The van der Waals surface area contributed by atoms with Crippen LogP contribution in [-0.4, -0.2) is 20.2 Å². The second kappa shape index (κ2) is 8.88. The van der Waals surface area contributed by atoms with Gasteiger partial charge in [0.2, 0.25) is 0 Å². The summed E-state index contributed by atoms with van der Waals surface area (Å²) in [6, 6.07) is 4.82. The Kier molecular flexibility index (Phi) is 7.27. The minimum absolute atomic E-state index is 0.399. The number of anilines is 1. The van der Waals surface area contributed by atoms with Gasteiger partial charge in [0.15, 0.2) is 0 Å². The number of ether oxygens (including phenoxy) is 1. The molecule has 2 heteroatoms. The van der Waals surface area contributed by atoms with Crippen LogP contribution in [0.15, 0.2) is 12.1 Å². The van der Waals surface area contributed by atoms with E-state index < -0.39 is 0 Å². The zero-order valence-electron chi connectivity index (χ0n) is 19.2. The lowest BCUT2D eigenvalue weighted by Crippen LogP contribution is -2.34. The maximum atomic E-state index is 5.78. The van der Waals surface area contributed by atoms with Crippen molar-refractivity contribution < 1.29 is 4.74 Å². The average Bonchev–Trinajstić information content (AvgIpc) is 2.57. The quantitative estimate of drug-likeness (QED) is 0.477. The molecule has 27 heavy (non-hydrogen) atoms. The molecule has 1 saturated carbocycles. The molecule has 0 N–H and O–H groups in total. The lowest BCUT2D eigenvalue weighted by molar-refractivity contribution is 0.0970. The van der Waals surface area contributed by atoms with Gasteiger partial charge in [0.1, 0.15) is 5.75 Å². The summed E-state index contributed by atoms with van der Waals surface area (Å²) in [5.41, 5.74) is 5.14. The Morgan fingerprint density at radius 2 is 1.52 bits per heavy atom. The summed E-state index contributed by atoms with van der Waals surface area (Å²) in [6.45, 7) is 18.9. The molecule has 0 aromatic heterocycles. The van der Waals surface area contributed by atoms with Crippen molar-refractivity contribution >= 4 is 5.69 Å². The highest BCUT2D eigenvalue weighted by Crippen LogP contribution is 2.53. The predicted molar refractivity (Wildman–Crippen MR) is 119 cm³/mol. The van der Waals surface area contributed by atoms with Crippen molar-refractivity contribution in [1.82, 2.24) is 0 Å². The van der Waals surface area contributed by atoms with Gasteiger partial charge >= 0.3 is 0 Å². The van der Waals surface area contributed by atoms with Crippen molar-refractivity contribution in [3.8, 4) is 5.75 Å². The predicted octanol–water partition coefficient (Wildman–Crippen LogP) is 7.20. The molecule has 0 spiro atoms. The first kappa shape index (κ1) is 22.1. The molecule has 1 fully saturated rings. The lowest BCUT2D eigenvalue weighted by atomic mass is 9.60. The van der Waals surface area contributed by atoms with Gasteiger partial charge < -0.3 is 9.64 Å². The molecule has 0 aliphatic heterocycles. The summed E-state index contributed by atoms with van der Waals surface area (Å²) in [5, 5.41) is 0. The summed E-state index contributed by atoms with van der Waals surface area (Å²) in [7, 11) is 1.81. The van der Waals surface area contributed by atoms with Gasteiger partial charge in [-0.1, -0.05) is 48.5 Å². The fraction of sp³-hybridized carbons (Fsp3) is 0.760. The largest absolute Gasteiger partial charge is 0.496 e. The van der Waals surface area contributed by atoms with E-state index in [9.17, 15) is 0 Å². The first-order valence-electron chi connectivity index (χ1n) is 11.1. The fourth-order valence-corrected chi connectivity index (χ4v) is 5.66. The molecule has 1 aromatic carbocycles. The zero-order valence-corrected chi connectivity index (χ0v) is 19.2. The molecule has 0 radical (unpaired) electrons. The Morgan fingerprint density at radius 1 is 0.963 bits per heavy atom. The normalized spacial score (nSPS) is 19.1. The second-order valence-electron chi connectivity index (χ2n) is 10.2. The highest BCUT2D eigenvalue weighted by Gasteiger charge is 2.40. The molecule has 154 valence electrons. The minimum atomic E-state index is 0.399. The van der Waals surface area contributed by atoms with E-state index in [0.29, 0.717) is 16.7 Å². The Bertz CT molecular complexity index is 595. The molecular weight excluding hydrogens is 330 g/mol. The Morgan fingerprint density at radius 3 is 1.96 bits per heavy atom. The van der Waals surface area contributed by atoms with Crippen molar-refractivity contribution in [2.45, 2.75) is 92.9 Å². The summed E-state index contributed by atoms with van der Waals surface area (Å²) < 4.78 is 5.78. The molecule has 0 unspecified atom stereocenters. The molecular formula is C25H43NO. The van der Waals surface area contributed by atoms with Gasteiger partial charge in [-0.05, 0) is 72.5 Å². The Hall–Kier alpha value is -1.18. The number of nitrogens with zero attached hydrogens (tertiary/aromatic N) is 1. The van der Waals surface area contributed by atoms with Crippen LogP contribution in [-0.2, 0) is 6.42 Å². The standard InChI is InChI=1S/C25H43NO/c1-9-12-26(13-10-2)22-15-23(27-8)19(11-3)14-21(22)20-16-24(4,5)18-25(6,7)17-20/h14-15,20H,9-13,16-18H2,1-8H3. The van der Waals surface area contributed by atoms with Gasteiger partial charge in [-0.3, -0.25) is 0 Å². The van der Waals surface area contributed by atoms with E-state index in [0.717, 1.165) is 25.3 Å². The van der Waals surface area contributed by atoms with E-state index in [2.05, 4.69) is 65.5 Å². The molecule has 1 aromatic rings. The monoisotopic (exact) mass is 373 g/mol. The molecule has 0 bridgehead atoms. The third-order valence-electron chi connectivity index (χ3n) is 6.13. The topological polar surface area (TPSA) is 12.5 Å². The average molecular weight is 374 g/mol. The SMILES string of the molecule is CCCN(CCC)c1cc(OC)c(CC)cc1C1CC(C)(C)CC(C)(C)C1. The molecule has 0 saturated heterocycles. The molecule has 0 amide bonds. The van der Waals surface area contributed by atoms with Gasteiger partial charge in [0.25, 0.3) is 0 Å². The van der Waals surface area contributed by atoms with E-state index in [1.807, 2.05) is 7.11 Å². The lowest BCUT2D eigenvalue weighted by Gasteiger charge is -2.46. The van der Waals surface area contributed by atoms with Crippen molar-refractivity contribution in [2.75, 3.05) is 25.1 Å². The summed E-state index contributed by atoms with van der Waals surface area (Å²) in [5.74, 6) is 1.69. The molecule has 1 aliphatic rings. The van der Waals surface area contributed by atoms with E-state index in [-0.39, 0.29) is 0 Å². The van der Waals surface area contributed by atoms with Gasteiger partial charge in [0.05, 0.1) is 7.11 Å². The fourth-order valence-electron chi connectivity index (χ4n) is 5.66. The minimum Gasteiger partial charge on any atom is -0.496 e. The van der Waals surface area contributed by atoms with Crippen LogP contribution in [0.2, 0.25) is 0 Å². The van der Waals surface area contributed by atoms with E-state index in [1.54, 1.807) is 5.56 Å². The maximum absolute atomic E-state index is 5.78. The molecule has 0 atom stereocenters. The second-order valence-corrected chi connectivity index (χ2v) is 10.2. The van der Waals surface area contributed by atoms with Crippen molar-refractivity contribution in [3.05, 3.63) is 23.3 Å². The number of rotatable bonds is 8. The summed E-state index contributed by atoms with van der Waals surface area (Å²) in [4.78, 5) is 2.60. The number of methoxy groups -OCH3 is 1. The number of hydrogen-bond donors (Lipinski definition) is 0. The first-order valence-corrected chi connectivity index (χ1v) is 11.1. The van der Waals surface area contributed by atoms with Crippen LogP contribution in [0.4, 0.5) is 5.69 Å². The van der Waals surface area contributed by atoms with E-state index >= 15 is 0 Å². The van der Waals surface area contributed by atoms with Crippen molar-refractivity contribution in [3.63, 3.8) is 0 Å². The number of aryl methyl sites for hydroxylation is 1. The van der Waals surface area contributed by atoms with Crippen LogP contribution in [0.25, 0.3) is 0 Å². The smallest absolute Gasteiger partial charge is 0.124 e. The summed E-state index contributed by atoms with van der Waals surface area (Å²) >= 11 is 0. The van der Waals surface area contributed by atoms with E-state index in [1.165, 1.54) is 43.4 Å².